The van der Waals surface area contributed by atoms with Crippen molar-refractivity contribution < 1.29 is 47.3 Å². The topological polar surface area (TPSA) is 157 Å². The first-order valence-corrected chi connectivity index (χ1v) is 11.8. The summed E-state index contributed by atoms with van der Waals surface area (Å²) in [6.45, 7) is 7.91. The highest BCUT2D eigenvalue weighted by Gasteiger charge is 2.52. The van der Waals surface area contributed by atoms with Gasteiger partial charge in [-0.25, -0.2) is 4.79 Å². The SMILES string of the molecule is CC(=O)N[C@@H]1[C@H](Oc2cc3sc(=O)oc3c(C)c2C)O[C@H](COC(C)=O)[C@H](OC(C)=O)[C@@H]1OC(C)=O. The molecular formula is C23H27NO11S. The second-order valence-corrected chi connectivity index (χ2v) is 9.22. The number of nitrogens with one attached hydrogen (secondary N) is 1. The average molecular weight is 526 g/mol. The van der Waals surface area contributed by atoms with Crippen LogP contribution in [0.5, 0.6) is 5.75 Å². The fraction of sp³-hybridized carbons (Fsp3) is 0.522. The maximum atomic E-state index is 12.1. The minimum absolute atomic E-state index is 0.316. The average Bonchev–Trinajstić information content (AvgIpc) is 3.13. The molecule has 1 fully saturated rings. The molecule has 3 rings (SSSR count). The Morgan fingerprint density at radius 1 is 0.972 bits per heavy atom. The normalized spacial score (nSPS) is 23.6. The third-order valence-electron chi connectivity index (χ3n) is 5.45. The van der Waals surface area contributed by atoms with E-state index in [0.717, 1.165) is 25.2 Å². The van der Waals surface area contributed by atoms with Gasteiger partial charge in [-0.3, -0.25) is 19.2 Å². The molecule has 1 aromatic heterocycles. The zero-order chi connectivity index (χ0) is 26.7. The highest BCUT2D eigenvalue weighted by Crippen LogP contribution is 2.35. The summed E-state index contributed by atoms with van der Waals surface area (Å²) < 4.78 is 33.9. The van der Waals surface area contributed by atoms with E-state index in [2.05, 4.69) is 5.32 Å². The van der Waals surface area contributed by atoms with Gasteiger partial charge in [-0.2, -0.15) is 0 Å². The minimum Gasteiger partial charge on any atom is -0.463 e. The van der Waals surface area contributed by atoms with Crippen molar-refractivity contribution in [3.05, 3.63) is 26.9 Å². The van der Waals surface area contributed by atoms with Crippen LogP contribution >= 0.6 is 11.3 Å². The maximum Gasteiger partial charge on any atom is 0.396 e. The molecule has 0 aliphatic carbocycles. The van der Waals surface area contributed by atoms with Crippen LogP contribution in [0.15, 0.2) is 15.3 Å². The number of carbonyl (C=O) groups is 4. The number of benzene rings is 1. The third kappa shape index (κ3) is 6.21. The van der Waals surface area contributed by atoms with E-state index in [-0.39, 0.29) is 6.61 Å². The van der Waals surface area contributed by atoms with Crippen LogP contribution in [0.3, 0.4) is 0 Å². The Morgan fingerprint density at radius 2 is 1.61 bits per heavy atom. The quantitative estimate of drug-likeness (QED) is 0.413. The molecule has 0 unspecified atom stereocenters. The molecule has 1 N–H and O–H groups in total. The predicted molar refractivity (Wildman–Crippen MR) is 124 cm³/mol. The summed E-state index contributed by atoms with van der Waals surface area (Å²) in [7, 11) is 0. The molecule has 5 atom stereocenters. The number of rotatable bonds is 7. The van der Waals surface area contributed by atoms with Gasteiger partial charge < -0.3 is 33.4 Å². The number of ether oxygens (including phenoxy) is 5. The number of aryl methyl sites for hydroxylation is 1. The summed E-state index contributed by atoms with van der Waals surface area (Å²) in [4.78, 5) is 58.7. The largest absolute Gasteiger partial charge is 0.463 e. The van der Waals surface area contributed by atoms with Gasteiger partial charge >= 0.3 is 22.8 Å². The number of esters is 3. The van der Waals surface area contributed by atoms with Crippen molar-refractivity contribution >= 4 is 45.4 Å². The molecule has 1 aromatic carbocycles. The van der Waals surface area contributed by atoms with Crippen molar-refractivity contribution in [2.45, 2.75) is 72.2 Å². The molecule has 0 spiro atoms. The summed E-state index contributed by atoms with van der Waals surface area (Å²) >= 11 is 0.894. The first kappa shape index (κ1) is 27.1. The van der Waals surface area contributed by atoms with Gasteiger partial charge in [0.25, 0.3) is 0 Å². The molecule has 2 heterocycles. The first-order chi connectivity index (χ1) is 16.9. The van der Waals surface area contributed by atoms with Gasteiger partial charge in [0, 0.05) is 33.8 Å². The minimum atomic E-state index is -1.27. The summed E-state index contributed by atoms with van der Waals surface area (Å²) in [6, 6.07) is 0.476. The summed E-state index contributed by atoms with van der Waals surface area (Å²) in [5.74, 6) is -2.21. The molecule has 0 bridgehead atoms. The van der Waals surface area contributed by atoms with Gasteiger partial charge in [-0.1, -0.05) is 11.3 Å². The highest BCUT2D eigenvalue weighted by molar-refractivity contribution is 7.16. The van der Waals surface area contributed by atoms with Gasteiger partial charge in [-0.15, -0.1) is 0 Å². The number of carbonyl (C=O) groups excluding carboxylic acids is 4. The molecule has 12 nitrogen and oxygen atoms in total. The van der Waals surface area contributed by atoms with Crippen LogP contribution in [-0.4, -0.2) is 61.1 Å². The van der Waals surface area contributed by atoms with E-state index < -0.39 is 59.4 Å². The van der Waals surface area contributed by atoms with E-state index in [1.54, 1.807) is 19.9 Å². The predicted octanol–water partition coefficient (Wildman–Crippen LogP) is 1.51. The van der Waals surface area contributed by atoms with Crippen molar-refractivity contribution in [1.29, 1.82) is 0 Å². The van der Waals surface area contributed by atoms with E-state index in [1.807, 2.05) is 0 Å². The Balaban J connectivity index is 2.07. The lowest BCUT2D eigenvalue weighted by Gasteiger charge is -2.44. The van der Waals surface area contributed by atoms with E-state index >= 15 is 0 Å². The van der Waals surface area contributed by atoms with Crippen molar-refractivity contribution in [3.8, 4) is 5.75 Å². The Labute approximate surface area is 209 Å². The van der Waals surface area contributed by atoms with Crippen LogP contribution in [0.2, 0.25) is 0 Å². The second-order valence-electron chi connectivity index (χ2n) is 8.24. The second kappa shape index (κ2) is 11.1. The highest BCUT2D eigenvalue weighted by atomic mass is 32.1. The number of hydrogen-bond acceptors (Lipinski definition) is 12. The number of amides is 1. The smallest absolute Gasteiger partial charge is 0.396 e. The fourth-order valence-corrected chi connectivity index (χ4v) is 4.63. The van der Waals surface area contributed by atoms with Gasteiger partial charge in [0.15, 0.2) is 17.8 Å². The standard InChI is InChI=1S/C23H27NO11S/c1-9-10(2)19-17(36-23(29)35-19)7-15(9)33-22-18(24-11(3)25)21(32-14(6)28)20(31-13(5)27)16(34-22)8-30-12(4)26/h7,16,18,20-22H,8H2,1-6H3,(H,24,25)/t16-,18+,20+,21-,22-/m1/s1. The first-order valence-electron chi connectivity index (χ1n) is 11.0. The molecule has 1 aliphatic rings. The lowest BCUT2D eigenvalue weighted by molar-refractivity contribution is -0.257. The number of fused-ring (bicyclic) bond motifs is 1. The van der Waals surface area contributed by atoms with E-state index in [4.69, 9.17) is 28.1 Å². The Kier molecular flexibility index (Phi) is 8.35. The third-order valence-corrected chi connectivity index (χ3v) is 6.22. The molecule has 0 saturated carbocycles. The molecule has 0 radical (unpaired) electrons. The van der Waals surface area contributed by atoms with E-state index in [1.165, 1.54) is 13.8 Å². The Bertz CT molecular complexity index is 1230. The monoisotopic (exact) mass is 525 g/mol. The van der Waals surface area contributed by atoms with Crippen LogP contribution in [0.25, 0.3) is 10.3 Å². The van der Waals surface area contributed by atoms with Crippen molar-refractivity contribution in [2.75, 3.05) is 6.61 Å². The lowest BCUT2D eigenvalue weighted by Crippen LogP contribution is -2.67. The van der Waals surface area contributed by atoms with Crippen LogP contribution in [0, 0.1) is 13.8 Å². The van der Waals surface area contributed by atoms with Crippen molar-refractivity contribution in [1.82, 2.24) is 5.32 Å². The zero-order valence-corrected chi connectivity index (χ0v) is 21.4. The molecule has 1 aliphatic heterocycles. The molecule has 2 aromatic rings. The molecule has 1 saturated heterocycles. The van der Waals surface area contributed by atoms with Crippen molar-refractivity contribution in [3.63, 3.8) is 0 Å². The molecular weight excluding hydrogens is 498 g/mol. The van der Waals surface area contributed by atoms with E-state index in [0.29, 0.717) is 27.2 Å². The zero-order valence-electron chi connectivity index (χ0n) is 20.6. The molecule has 1 amide bonds. The van der Waals surface area contributed by atoms with Gasteiger partial charge in [0.1, 0.15) is 24.5 Å². The van der Waals surface area contributed by atoms with Crippen LogP contribution in [0.1, 0.15) is 38.8 Å². The molecule has 13 heteroatoms. The maximum absolute atomic E-state index is 12.1. The van der Waals surface area contributed by atoms with Crippen LogP contribution in [-0.2, 0) is 38.1 Å². The summed E-state index contributed by atoms with van der Waals surface area (Å²) in [6.07, 6.45) is -4.85. The van der Waals surface area contributed by atoms with Crippen LogP contribution < -0.4 is 15.0 Å². The van der Waals surface area contributed by atoms with Crippen LogP contribution in [0.4, 0.5) is 0 Å². The van der Waals surface area contributed by atoms with Gasteiger partial charge in [-0.05, 0) is 25.0 Å². The molecule has 36 heavy (non-hydrogen) atoms. The number of hydrogen-bond donors (Lipinski definition) is 1. The van der Waals surface area contributed by atoms with Gasteiger partial charge in [0.05, 0.1) is 4.70 Å². The lowest BCUT2D eigenvalue weighted by atomic mass is 9.96. The van der Waals surface area contributed by atoms with Crippen molar-refractivity contribution in [2.24, 2.45) is 0 Å². The summed E-state index contributed by atoms with van der Waals surface area (Å²) in [5.41, 5.74) is 1.73. The summed E-state index contributed by atoms with van der Waals surface area (Å²) in [5, 5.41) is 2.64. The fourth-order valence-electron chi connectivity index (χ4n) is 3.87. The Morgan fingerprint density at radius 3 is 2.19 bits per heavy atom. The van der Waals surface area contributed by atoms with E-state index in [9.17, 15) is 24.0 Å². The Hall–Kier alpha value is -3.45. The van der Waals surface area contributed by atoms with Gasteiger partial charge in [0.2, 0.25) is 12.2 Å². The molecule has 196 valence electrons.